The fourth-order valence-corrected chi connectivity index (χ4v) is 1.54. The second-order valence-electron chi connectivity index (χ2n) is 3.95. The van der Waals surface area contributed by atoms with Crippen LogP contribution in [0.25, 0.3) is 0 Å². The highest BCUT2D eigenvalue weighted by molar-refractivity contribution is 6.01. The van der Waals surface area contributed by atoms with Crippen molar-refractivity contribution < 1.29 is 10.0 Å². The summed E-state index contributed by atoms with van der Waals surface area (Å²) in [6.45, 7) is 4.55. The molecular formula is C12H18N4O2. The van der Waals surface area contributed by atoms with Crippen LogP contribution in [0.15, 0.2) is 29.7 Å². The summed E-state index contributed by atoms with van der Waals surface area (Å²) in [5.41, 5.74) is 6.44. The Bertz CT molecular complexity index is 419. The standard InChI is InChI=1S/C12H18N4O2/c1-3-16(8-10-4-6-14-7-5-10)12(17)9(2)11(13)15-18/h4-7,9,18H,3,8H2,1-2H3,(H2,13,15). The number of carbonyl (C=O) groups is 1. The maximum atomic E-state index is 12.1. The van der Waals surface area contributed by atoms with E-state index in [1.807, 2.05) is 19.1 Å². The first-order valence-corrected chi connectivity index (χ1v) is 5.75. The van der Waals surface area contributed by atoms with Gasteiger partial charge < -0.3 is 15.8 Å². The molecule has 0 aliphatic heterocycles. The van der Waals surface area contributed by atoms with Crippen LogP contribution >= 0.6 is 0 Å². The number of nitrogens with two attached hydrogens (primary N) is 1. The lowest BCUT2D eigenvalue weighted by molar-refractivity contribution is -0.133. The molecule has 0 aromatic carbocycles. The first-order valence-electron chi connectivity index (χ1n) is 5.75. The largest absolute Gasteiger partial charge is 0.409 e. The number of aromatic nitrogens is 1. The fourth-order valence-electron chi connectivity index (χ4n) is 1.54. The topological polar surface area (TPSA) is 91.8 Å². The predicted molar refractivity (Wildman–Crippen MR) is 67.9 cm³/mol. The predicted octanol–water partition coefficient (Wildman–Crippen LogP) is 0.813. The van der Waals surface area contributed by atoms with E-state index in [0.29, 0.717) is 13.1 Å². The molecule has 0 saturated carbocycles. The number of hydrogen-bond donors (Lipinski definition) is 2. The quantitative estimate of drug-likeness (QED) is 0.350. The first-order chi connectivity index (χ1) is 8.60. The van der Waals surface area contributed by atoms with E-state index >= 15 is 0 Å². The van der Waals surface area contributed by atoms with E-state index in [1.165, 1.54) is 0 Å². The monoisotopic (exact) mass is 250 g/mol. The molecule has 98 valence electrons. The number of nitrogens with zero attached hydrogens (tertiary/aromatic N) is 3. The molecule has 1 rings (SSSR count). The lowest BCUT2D eigenvalue weighted by Crippen LogP contribution is -2.40. The molecule has 0 bridgehead atoms. The molecule has 1 heterocycles. The summed E-state index contributed by atoms with van der Waals surface area (Å²) in [5.74, 6) is -0.866. The van der Waals surface area contributed by atoms with Crippen molar-refractivity contribution in [2.75, 3.05) is 6.54 Å². The third kappa shape index (κ3) is 3.44. The Hall–Kier alpha value is -2.11. The molecule has 6 nitrogen and oxygen atoms in total. The summed E-state index contributed by atoms with van der Waals surface area (Å²) >= 11 is 0. The van der Waals surface area contributed by atoms with Crippen molar-refractivity contribution in [3.63, 3.8) is 0 Å². The van der Waals surface area contributed by atoms with Crippen LogP contribution in [0.2, 0.25) is 0 Å². The van der Waals surface area contributed by atoms with Crippen molar-refractivity contribution >= 4 is 11.7 Å². The summed E-state index contributed by atoms with van der Waals surface area (Å²) in [4.78, 5) is 17.7. The molecule has 0 saturated heterocycles. The van der Waals surface area contributed by atoms with E-state index in [2.05, 4.69) is 10.1 Å². The van der Waals surface area contributed by atoms with E-state index < -0.39 is 5.92 Å². The third-order valence-corrected chi connectivity index (χ3v) is 2.75. The van der Waals surface area contributed by atoms with E-state index in [0.717, 1.165) is 5.56 Å². The van der Waals surface area contributed by atoms with Gasteiger partial charge in [0.15, 0.2) is 5.84 Å². The smallest absolute Gasteiger partial charge is 0.233 e. The Kier molecular flexibility index (Phi) is 5.10. The van der Waals surface area contributed by atoms with Crippen LogP contribution in [-0.4, -0.2) is 33.4 Å². The summed E-state index contributed by atoms with van der Waals surface area (Å²) in [6.07, 6.45) is 3.36. The highest BCUT2D eigenvalue weighted by Crippen LogP contribution is 2.08. The van der Waals surface area contributed by atoms with Gasteiger partial charge in [-0.25, -0.2) is 0 Å². The zero-order chi connectivity index (χ0) is 13.5. The van der Waals surface area contributed by atoms with E-state index in [1.54, 1.807) is 24.2 Å². The number of oxime groups is 1. The minimum Gasteiger partial charge on any atom is -0.409 e. The first kappa shape index (κ1) is 14.0. The Labute approximate surface area is 106 Å². The van der Waals surface area contributed by atoms with Crippen LogP contribution in [0.3, 0.4) is 0 Å². The van der Waals surface area contributed by atoms with Gasteiger partial charge in [0.05, 0.1) is 5.92 Å². The van der Waals surface area contributed by atoms with Crippen LogP contribution < -0.4 is 5.73 Å². The Balaban J connectivity index is 2.75. The van der Waals surface area contributed by atoms with Crippen molar-refractivity contribution in [1.82, 2.24) is 9.88 Å². The van der Waals surface area contributed by atoms with Crippen molar-refractivity contribution in [1.29, 1.82) is 0 Å². The average molecular weight is 250 g/mol. The number of amidine groups is 1. The SMILES string of the molecule is CCN(Cc1ccncc1)C(=O)C(C)C(N)=NO. The van der Waals surface area contributed by atoms with Gasteiger partial charge in [-0.2, -0.15) is 0 Å². The third-order valence-electron chi connectivity index (χ3n) is 2.75. The Morgan fingerprint density at radius 1 is 1.56 bits per heavy atom. The minimum atomic E-state index is -0.628. The molecule has 1 aromatic rings. The molecule has 0 spiro atoms. The molecule has 0 radical (unpaired) electrons. The lowest BCUT2D eigenvalue weighted by Gasteiger charge is -2.23. The van der Waals surface area contributed by atoms with Crippen molar-refractivity contribution in [2.24, 2.45) is 16.8 Å². The van der Waals surface area contributed by atoms with E-state index in [9.17, 15) is 4.79 Å². The molecule has 0 fully saturated rings. The minimum absolute atomic E-state index is 0.0758. The van der Waals surface area contributed by atoms with Crippen LogP contribution in [-0.2, 0) is 11.3 Å². The Morgan fingerprint density at radius 3 is 2.67 bits per heavy atom. The van der Waals surface area contributed by atoms with Gasteiger partial charge in [-0.3, -0.25) is 9.78 Å². The molecule has 0 aliphatic carbocycles. The average Bonchev–Trinajstić information content (AvgIpc) is 2.43. The normalized spacial score (nSPS) is 13.1. The molecule has 0 aliphatic rings. The van der Waals surface area contributed by atoms with Gasteiger partial charge in [-0.15, -0.1) is 0 Å². The molecule has 6 heteroatoms. The number of pyridine rings is 1. The lowest BCUT2D eigenvalue weighted by atomic mass is 10.1. The van der Waals surface area contributed by atoms with Crippen LogP contribution in [0.4, 0.5) is 0 Å². The van der Waals surface area contributed by atoms with Gasteiger partial charge in [0.25, 0.3) is 0 Å². The molecule has 1 amide bonds. The van der Waals surface area contributed by atoms with Crippen molar-refractivity contribution in [3.8, 4) is 0 Å². The van der Waals surface area contributed by atoms with Gasteiger partial charge in [-0.1, -0.05) is 5.16 Å². The van der Waals surface area contributed by atoms with Gasteiger partial charge in [-0.05, 0) is 31.5 Å². The zero-order valence-electron chi connectivity index (χ0n) is 10.6. The zero-order valence-corrected chi connectivity index (χ0v) is 10.6. The van der Waals surface area contributed by atoms with Crippen molar-refractivity contribution in [2.45, 2.75) is 20.4 Å². The van der Waals surface area contributed by atoms with E-state index in [-0.39, 0.29) is 11.7 Å². The summed E-state index contributed by atoms with van der Waals surface area (Å²) < 4.78 is 0. The van der Waals surface area contributed by atoms with Crippen molar-refractivity contribution in [3.05, 3.63) is 30.1 Å². The number of hydrogen-bond acceptors (Lipinski definition) is 4. The van der Waals surface area contributed by atoms with Crippen LogP contribution in [0.1, 0.15) is 19.4 Å². The summed E-state index contributed by atoms with van der Waals surface area (Å²) in [5, 5.41) is 11.5. The van der Waals surface area contributed by atoms with Gasteiger partial charge in [0.2, 0.25) is 5.91 Å². The molecule has 18 heavy (non-hydrogen) atoms. The Morgan fingerprint density at radius 2 is 2.17 bits per heavy atom. The molecular weight excluding hydrogens is 232 g/mol. The van der Waals surface area contributed by atoms with E-state index in [4.69, 9.17) is 10.9 Å². The van der Waals surface area contributed by atoms with Gasteiger partial charge >= 0.3 is 0 Å². The second kappa shape index (κ2) is 6.58. The molecule has 1 unspecified atom stereocenters. The summed E-state index contributed by atoms with van der Waals surface area (Å²) in [7, 11) is 0. The molecule has 3 N–H and O–H groups in total. The van der Waals surface area contributed by atoms with Crippen LogP contribution in [0.5, 0.6) is 0 Å². The maximum Gasteiger partial charge on any atom is 0.233 e. The molecule has 1 atom stereocenters. The summed E-state index contributed by atoms with van der Waals surface area (Å²) in [6, 6.07) is 3.70. The van der Waals surface area contributed by atoms with Crippen LogP contribution in [0, 0.1) is 5.92 Å². The number of rotatable bonds is 5. The van der Waals surface area contributed by atoms with Gasteiger partial charge in [0, 0.05) is 25.5 Å². The fraction of sp³-hybridized carbons (Fsp3) is 0.417. The highest BCUT2D eigenvalue weighted by Gasteiger charge is 2.22. The second-order valence-corrected chi connectivity index (χ2v) is 3.95. The number of carbonyl (C=O) groups excluding carboxylic acids is 1. The maximum absolute atomic E-state index is 12.1. The number of amides is 1. The molecule has 1 aromatic heterocycles. The van der Waals surface area contributed by atoms with Gasteiger partial charge in [0.1, 0.15) is 0 Å². The highest BCUT2D eigenvalue weighted by atomic mass is 16.4.